The van der Waals surface area contributed by atoms with Gasteiger partial charge in [0.15, 0.2) is 0 Å². The van der Waals surface area contributed by atoms with Crippen LogP contribution in [-0.2, 0) is 13.5 Å². The molecule has 1 atom stereocenters. The maximum atomic E-state index is 5.32. The molecule has 16 heavy (non-hydrogen) atoms. The van der Waals surface area contributed by atoms with Crippen LogP contribution >= 0.6 is 0 Å². The number of nitrogens with one attached hydrogen (secondary N) is 1. The number of nitrogens with zero attached hydrogens (tertiary/aromatic N) is 2. The van der Waals surface area contributed by atoms with Gasteiger partial charge in [0, 0.05) is 19.7 Å². The lowest BCUT2D eigenvalue weighted by molar-refractivity contribution is 0.463. The number of aromatic nitrogens is 2. The van der Waals surface area contributed by atoms with Gasteiger partial charge >= 0.3 is 0 Å². The molecule has 4 heteroatoms. The highest BCUT2D eigenvalue weighted by Crippen LogP contribution is 2.17. The Morgan fingerprint density at radius 2 is 2.38 bits per heavy atom. The Labute approximate surface area is 95.3 Å². The van der Waals surface area contributed by atoms with Gasteiger partial charge in [-0.2, -0.15) is 5.10 Å². The lowest BCUT2D eigenvalue weighted by atomic mass is 10.1. The van der Waals surface area contributed by atoms with Crippen LogP contribution in [0.4, 0.5) is 0 Å². The minimum Gasteiger partial charge on any atom is -0.469 e. The van der Waals surface area contributed by atoms with Crippen molar-refractivity contribution in [2.24, 2.45) is 7.05 Å². The Morgan fingerprint density at radius 3 is 2.94 bits per heavy atom. The van der Waals surface area contributed by atoms with Crippen molar-refractivity contribution in [2.45, 2.75) is 18.9 Å². The van der Waals surface area contributed by atoms with Gasteiger partial charge in [0.1, 0.15) is 5.76 Å². The molecule has 0 radical (unpaired) electrons. The summed E-state index contributed by atoms with van der Waals surface area (Å²) in [5.41, 5.74) is 1.08. The summed E-state index contributed by atoms with van der Waals surface area (Å²) in [6.45, 7) is 0. The van der Waals surface area contributed by atoms with Crippen molar-refractivity contribution in [3.8, 4) is 0 Å². The van der Waals surface area contributed by atoms with Crippen LogP contribution in [0, 0.1) is 0 Å². The van der Waals surface area contributed by atoms with Crippen molar-refractivity contribution in [2.75, 3.05) is 7.05 Å². The van der Waals surface area contributed by atoms with E-state index in [9.17, 15) is 0 Å². The Balaban J connectivity index is 1.96. The topological polar surface area (TPSA) is 43.0 Å². The number of rotatable bonds is 5. The van der Waals surface area contributed by atoms with E-state index < -0.39 is 0 Å². The smallest absolute Gasteiger partial charge is 0.103 e. The van der Waals surface area contributed by atoms with Gasteiger partial charge in [-0.25, -0.2) is 0 Å². The first-order valence-electron chi connectivity index (χ1n) is 5.49. The second-order valence-corrected chi connectivity index (χ2v) is 3.87. The molecule has 0 fully saturated rings. The SMILES string of the molecule is CNC(CCc1ccco1)c1ccn(C)n1. The quantitative estimate of drug-likeness (QED) is 0.835. The molecule has 2 aromatic heterocycles. The molecular weight excluding hydrogens is 202 g/mol. The standard InChI is InChI=1S/C12H17N3O/c1-13-11(12-7-8-15(2)14-12)6-5-10-4-3-9-16-10/h3-4,7-9,11,13H,5-6H2,1-2H3. The van der Waals surface area contributed by atoms with E-state index in [1.165, 1.54) is 0 Å². The molecule has 0 spiro atoms. The van der Waals surface area contributed by atoms with Gasteiger partial charge in [0.2, 0.25) is 0 Å². The van der Waals surface area contributed by atoms with Crippen molar-refractivity contribution in [3.05, 3.63) is 42.1 Å². The molecule has 4 nitrogen and oxygen atoms in total. The average molecular weight is 219 g/mol. The lowest BCUT2D eigenvalue weighted by Crippen LogP contribution is -2.17. The third-order valence-corrected chi connectivity index (χ3v) is 2.70. The minimum absolute atomic E-state index is 0.284. The van der Waals surface area contributed by atoms with Crippen molar-refractivity contribution in [1.82, 2.24) is 15.1 Å². The lowest BCUT2D eigenvalue weighted by Gasteiger charge is -2.12. The Hall–Kier alpha value is -1.55. The number of hydrogen-bond donors (Lipinski definition) is 1. The minimum atomic E-state index is 0.284. The summed E-state index contributed by atoms with van der Waals surface area (Å²) < 4.78 is 7.14. The summed E-state index contributed by atoms with van der Waals surface area (Å²) in [5.74, 6) is 1.02. The van der Waals surface area contributed by atoms with Gasteiger partial charge in [-0.3, -0.25) is 4.68 Å². The molecule has 86 valence electrons. The Morgan fingerprint density at radius 1 is 1.50 bits per heavy atom. The van der Waals surface area contributed by atoms with E-state index in [1.807, 2.05) is 43.2 Å². The molecule has 0 saturated heterocycles. The van der Waals surface area contributed by atoms with Crippen LogP contribution in [0.15, 0.2) is 35.1 Å². The summed E-state index contributed by atoms with van der Waals surface area (Å²) in [5, 5.41) is 7.68. The van der Waals surface area contributed by atoms with Crippen molar-refractivity contribution in [1.29, 1.82) is 0 Å². The van der Waals surface area contributed by atoms with Gasteiger partial charge in [-0.15, -0.1) is 0 Å². The maximum absolute atomic E-state index is 5.32. The summed E-state index contributed by atoms with van der Waals surface area (Å²) in [6.07, 6.45) is 5.59. The van der Waals surface area contributed by atoms with Crippen LogP contribution in [0.25, 0.3) is 0 Å². The van der Waals surface area contributed by atoms with Gasteiger partial charge in [0.05, 0.1) is 18.0 Å². The fourth-order valence-corrected chi connectivity index (χ4v) is 1.80. The van der Waals surface area contributed by atoms with E-state index in [0.717, 1.165) is 24.3 Å². The Kier molecular flexibility index (Phi) is 3.41. The van der Waals surface area contributed by atoms with E-state index in [0.29, 0.717) is 0 Å². The van der Waals surface area contributed by atoms with E-state index in [4.69, 9.17) is 4.42 Å². The zero-order valence-electron chi connectivity index (χ0n) is 9.68. The fourth-order valence-electron chi connectivity index (χ4n) is 1.80. The molecular formula is C12H17N3O. The van der Waals surface area contributed by atoms with Crippen LogP contribution in [0.3, 0.4) is 0 Å². The van der Waals surface area contributed by atoms with Gasteiger partial charge in [0.25, 0.3) is 0 Å². The highest BCUT2D eigenvalue weighted by molar-refractivity contribution is 5.07. The highest BCUT2D eigenvalue weighted by atomic mass is 16.3. The van der Waals surface area contributed by atoms with Crippen molar-refractivity contribution in [3.63, 3.8) is 0 Å². The van der Waals surface area contributed by atoms with Crippen LogP contribution in [-0.4, -0.2) is 16.8 Å². The molecule has 1 N–H and O–H groups in total. The second kappa shape index (κ2) is 4.99. The monoisotopic (exact) mass is 219 g/mol. The molecule has 0 amide bonds. The predicted octanol–water partition coefficient (Wildman–Crippen LogP) is 1.91. The molecule has 0 aliphatic carbocycles. The molecule has 2 heterocycles. The normalized spacial score (nSPS) is 12.9. The summed E-state index contributed by atoms with van der Waals surface area (Å²) in [4.78, 5) is 0. The zero-order valence-corrected chi connectivity index (χ0v) is 9.68. The largest absolute Gasteiger partial charge is 0.469 e. The molecule has 0 aromatic carbocycles. The van der Waals surface area contributed by atoms with Crippen molar-refractivity contribution >= 4 is 0 Å². The van der Waals surface area contributed by atoms with Gasteiger partial charge < -0.3 is 9.73 Å². The molecule has 0 bridgehead atoms. The van der Waals surface area contributed by atoms with E-state index in [-0.39, 0.29) is 6.04 Å². The van der Waals surface area contributed by atoms with Crippen LogP contribution < -0.4 is 5.32 Å². The Bertz CT molecular complexity index is 419. The first-order valence-corrected chi connectivity index (χ1v) is 5.49. The van der Waals surface area contributed by atoms with Crippen molar-refractivity contribution < 1.29 is 4.42 Å². The van der Waals surface area contributed by atoms with E-state index in [2.05, 4.69) is 10.4 Å². The van der Waals surface area contributed by atoms with Gasteiger partial charge in [-0.05, 0) is 31.7 Å². The molecule has 0 aliphatic heterocycles. The van der Waals surface area contributed by atoms with Gasteiger partial charge in [-0.1, -0.05) is 0 Å². The molecule has 1 unspecified atom stereocenters. The molecule has 2 aromatic rings. The number of hydrogen-bond acceptors (Lipinski definition) is 3. The molecule has 0 saturated carbocycles. The average Bonchev–Trinajstić information content (AvgIpc) is 2.91. The predicted molar refractivity (Wildman–Crippen MR) is 62.0 cm³/mol. The van der Waals surface area contributed by atoms with E-state index in [1.54, 1.807) is 6.26 Å². The number of furan rings is 1. The first kappa shape index (κ1) is 11.0. The zero-order chi connectivity index (χ0) is 11.4. The molecule has 0 aliphatic rings. The maximum Gasteiger partial charge on any atom is 0.103 e. The van der Waals surface area contributed by atoms with Crippen LogP contribution in [0.5, 0.6) is 0 Å². The van der Waals surface area contributed by atoms with Crippen LogP contribution in [0.1, 0.15) is 23.9 Å². The third-order valence-electron chi connectivity index (χ3n) is 2.70. The summed E-state index contributed by atoms with van der Waals surface area (Å²) >= 11 is 0. The van der Waals surface area contributed by atoms with E-state index >= 15 is 0 Å². The second-order valence-electron chi connectivity index (χ2n) is 3.87. The highest BCUT2D eigenvalue weighted by Gasteiger charge is 2.12. The fraction of sp³-hybridized carbons (Fsp3) is 0.417. The van der Waals surface area contributed by atoms with Crippen LogP contribution in [0.2, 0.25) is 0 Å². The molecule has 2 rings (SSSR count). The third kappa shape index (κ3) is 2.52. The summed E-state index contributed by atoms with van der Waals surface area (Å²) in [7, 11) is 3.89. The summed E-state index contributed by atoms with van der Waals surface area (Å²) in [6, 6.07) is 6.25. The first-order chi connectivity index (χ1) is 7.79. The number of aryl methyl sites for hydroxylation is 2.